The van der Waals surface area contributed by atoms with Crippen LogP contribution in [-0.4, -0.2) is 47.1 Å². The molecule has 1 fully saturated rings. The second-order valence-electron chi connectivity index (χ2n) is 10.2. The van der Waals surface area contributed by atoms with Gasteiger partial charge in [-0.2, -0.15) is 0 Å². The molecule has 0 bridgehead atoms. The van der Waals surface area contributed by atoms with Gasteiger partial charge < -0.3 is 20.3 Å². The van der Waals surface area contributed by atoms with Gasteiger partial charge >= 0.3 is 0 Å². The second-order valence-corrected chi connectivity index (χ2v) is 10.2. The largest absolute Gasteiger partial charge is 0.508 e. The summed E-state index contributed by atoms with van der Waals surface area (Å²) in [6, 6.07) is 16.2. The Kier molecular flexibility index (Phi) is 8.86. The average molecular weight is 476 g/mol. The number of phenols is 1. The average Bonchev–Trinajstić information content (AvgIpc) is 3.16. The van der Waals surface area contributed by atoms with E-state index in [4.69, 9.17) is 0 Å². The van der Waals surface area contributed by atoms with Gasteiger partial charge in [0.25, 0.3) is 0 Å². The summed E-state index contributed by atoms with van der Waals surface area (Å²) in [6.45, 7) is 6.33. The summed E-state index contributed by atoms with van der Waals surface area (Å²) in [4.78, 5) is 18.2. The summed E-state index contributed by atoms with van der Waals surface area (Å²) in [7, 11) is 0. The molecule has 1 aliphatic rings. The Morgan fingerprint density at radius 2 is 1.91 bits per heavy atom. The molecule has 0 radical (unpaired) electrons. The van der Waals surface area contributed by atoms with Gasteiger partial charge in [0, 0.05) is 42.0 Å². The topological polar surface area (TPSA) is 68.4 Å². The van der Waals surface area contributed by atoms with Crippen LogP contribution in [0.25, 0.3) is 10.9 Å². The number of carbonyl (C=O) groups excluding carboxylic acids is 1. The highest BCUT2D eigenvalue weighted by molar-refractivity contribution is 5.83. The molecule has 1 aliphatic heterocycles. The van der Waals surface area contributed by atoms with Gasteiger partial charge in [0.2, 0.25) is 5.91 Å². The van der Waals surface area contributed by atoms with Crippen LogP contribution in [-0.2, 0) is 16.6 Å². The third-order valence-corrected chi connectivity index (χ3v) is 7.83. The summed E-state index contributed by atoms with van der Waals surface area (Å²) in [6.07, 6.45) is 11.5. The van der Waals surface area contributed by atoms with Gasteiger partial charge in [-0.3, -0.25) is 4.79 Å². The first-order valence-corrected chi connectivity index (χ1v) is 13.4. The normalized spacial score (nSPS) is 19.0. The van der Waals surface area contributed by atoms with Crippen molar-refractivity contribution in [3.63, 3.8) is 0 Å². The monoisotopic (exact) mass is 475 g/mol. The number of amides is 1. The fourth-order valence-corrected chi connectivity index (χ4v) is 5.68. The molecule has 0 saturated carbocycles. The van der Waals surface area contributed by atoms with E-state index in [1.54, 1.807) is 0 Å². The quantitative estimate of drug-likeness (QED) is 0.301. The minimum atomic E-state index is 0.164. The fraction of sp³-hybridized carbons (Fsp3) is 0.500. The van der Waals surface area contributed by atoms with Crippen molar-refractivity contribution < 1.29 is 9.90 Å². The van der Waals surface area contributed by atoms with Crippen molar-refractivity contribution in [2.24, 2.45) is 0 Å². The van der Waals surface area contributed by atoms with Crippen LogP contribution in [0.4, 0.5) is 0 Å². The lowest BCUT2D eigenvalue weighted by atomic mass is 9.74. The molecule has 0 spiro atoms. The fourth-order valence-electron chi connectivity index (χ4n) is 5.68. The molecule has 3 N–H and O–H groups in total. The van der Waals surface area contributed by atoms with Crippen molar-refractivity contribution in [1.29, 1.82) is 0 Å². The van der Waals surface area contributed by atoms with Gasteiger partial charge in [0.05, 0.1) is 0 Å². The molecule has 0 unspecified atom stereocenters. The lowest BCUT2D eigenvalue weighted by Crippen LogP contribution is -2.39. The molecule has 0 aliphatic carbocycles. The number of aromatic amines is 1. The Hall–Kier alpha value is -2.79. The van der Waals surface area contributed by atoms with Crippen LogP contribution < -0.4 is 5.32 Å². The van der Waals surface area contributed by atoms with E-state index in [2.05, 4.69) is 58.7 Å². The molecule has 1 saturated heterocycles. The summed E-state index contributed by atoms with van der Waals surface area (Å²) in [5.41, 5.74) is 3.94. The van der Waals surface area contributed by atoms with E-state index in [0.717, 1.165) is 57.3 Å². The number of carbonyl (C=O) groups is 1. The first kappa shape index (κ1) is 25.3. The first-order chi connectivity index (χ1) is 17.1. The van der Waals surface area contributed by atoms with E-state index in [9.17, 15) is 9.90 Å². The summed E-state index contributed by atoms with van der Waals surface area (Å²) >= 11 is 0. The number of nitrogens with one attached hydrogen (secondary N) is 2. The van der Waals surface area contributed by atoms with Crippen LogP contribution >= 0.6 is 0 Å². The van der Waals surface area contributed by atoms with Gasteiger partial charge in [-0.1, -0.05) is 50.1 Å². The maximum absolute atomic E-state index is 12.3. The van der Waals surface area contributed by atoms with E-state index < -0.39 is 0 Å². The molecule has 1 amide bonds. The molecule has 188 valence electrons. The van der Waals surface area contributed by atoms with Crippen LogP contribution in [0.15, 0.2) is 54.7 Å². The molecule has 5 nitrogen and oxygen atoms in total. The number of rotatable bonds is 11. The zero-order valence-corrected chi connectivity index (χ0v) is 21.2. The Bertz CT molecular complexity index is 1070. The van der Waals surface area contributed by atoms with Crippen LogP contribution in [0.3, 0.4) is 0 Å². The van der Waals surface area contributed by atoms with Crippen molar-refractivity contribution >= 4 is 16.8 Å². The molecule has 2 aromatic carbocycles. The van der Waals surface area contributed by atoms with Crippen molar-refractivity contribution in [3.05, 3.63) is 65.9 Å². The minimum Gasteiger partial charge on any atom is -0.508 e. The van der Waals surface area contributed by atoms with E-state index in [-0.39, 0.29) is 11.3 Å². The number of unbranched alkanes of at least 4 members (excludes halogenated alkanes) is 2. The number of H-pyrrole nitrogens is 1. The Labute approximate surface area is 209 Å². The molecule has 4 rings (SSSR count). The minimum absolute atomic E-state index is 0.164. The highest BCUT2D eigenvalue weighted by atomic mass is 16.3. The Balaban J connectivity index is 1.15. The van der Waals surface area contributed by atoms with Gasteiger partial charge in [-0.15, -0.1) is 0 Å². The summed E-state index contributed by atoms with van der Waals surface area (Å²) < 4.78 is 0. The van der Waals surface area contributed by atoms with Crippen molar-refractivity contribution in [1.82, 2.24) is 15.2 Å². The summed E-state index contributed by atoms with van der Waals surface area (Å²) in [5.74, 6) is 0.504. The molecule has 2 heterocycles. The van der Waals surface area contributed by atoms with E-state index >= 15 is 0 Å². The molecule has 3 aromatic rings. The zero-order chi connectivity index (χ0) is 24.5. The van der Waals surface area contributed by atoms with E-state index in [1.807, 2.05) is 18.2 Å². The van der Waals surface area contributed by atoms with Crippen molar-refractivity contribution in [2.45, 2.75) is 70.1 Å². The van der Waals surface area contributed by atoms with E-state index in [1.165, 1.54) is 35.8 Å². The number of para-hydroxylation sites is 1. The maximum atomic E-state index is 12.3. The second kappa shape index (κ2) is 12.3. The number of phenolic OH excluding ortho intramolecular Hbond substituents is 1. The van der Waals surface area contributed by atoms with Gasteiger partial charge in [-0.25, -0.2) is 0 Å². The number of nitrogens with zero attached hydrogens (tertiary/aromatic N) is 1. The van der Waals surface area contributed by atoms with Crippen LogP contribution in [0.5, 0.6) is 5.75 Å². The molecule has 5 heteroatoms. The van der Waals surface area contributed by atoms with E-state index in [0.29, 0.717) is 18.7 Å². The van der Waals surface area contributed by atoms with Gasteiger partial charge in [0.1, 0.15) is 5.75 Å². The van der Waals surface area contributed by atoms with Crippen LogP contribution in [0.2, 0.25) is 0 Å². The first-order valence-electron chi connectivity index (χ1n) is 13.4. The zero-order valence-electron chi connectivity index (χ0n) is 21.2. The Morgan fingerprint density at radius 1 is 1.09 bits per heavy atom. The predicted molar refractivity (Wildman–Crippen MR) is 144 cm³/mol. The lowest BCUT2D eigenvalue weighted by molar-refractivity contribution is -0.121. The third kappa shape index (κ3) is 6.66. The lowest BCUT2D eigenvalue weighted by Gasteiger charge is -2.36. The molecular formula is C30H41N3O2. The highest BCUT2D eigenvalue weighted by Crippen LogP contribution is 2.37. The number of aromatic hydroxyl groups is 1. The van der Waals surface area contributed by atoms with Crippen molar-refractivity contribution in [3.8, 4) is 5.75 Å². The number of fused-ring (bicyclic) bond motifs is 1. The molecular weight excluding hydrogens is 434 g/mol. The molecule has 1 atom stereocenters. The number of benzene rings is 2. The standard InChI is InChI=1S/C30H41N3O2/c1-2-30(25-13-15-26(34)16-14-25)18-7-9-21-33(23-30)20-8-3-4-12-29(35)31-19-17-24-22-32-28-11-6-5-10-27(24)28/h5-6,10-11,13-16,22,32,34H,2-4,7-9,12,17-21,23H2,1H3,(H,31,35)/t30-/m1/s1. The van der Waals surface area contributed by atoms with Crippen LogP contribution in [0.1, 0.15) is 69.4 Å². The predicted octanol–water partition coefficient (Wildman–Crippen LogP) is 5.93. The Morgan fingerprint density at radius 3 is 2.74 bits per heavy atom. The number of hydrogen-bond acceptors (Lipinski definition) is 3. The van der Waals surface area contributed by atoms with Gasteiger partial charge in [-0.05, 0) is 80.9 Å². The SMILES string of the molecule is CC[C@@]1(c2ccc(O)cc2)CCCCN(CCCCCC(=O)NCCc2c[nH]c3ccccc23)C1. The third-order valence-electron chi connectivity index (χ3n) is 7.83. The highest BCUT2D eigenvalue weighted by Gasteiger charge is 2.33. The number of hydrogen-bond donors (Lipinski definition) is 3. The summed E-state index contributed by atoms with van der Waals surface area (Å²) in [5, 5.41) is 14.1. The van der Waals surface area contributed by atoms with Crippen LogP contribution in [0, 0.1) is 0 Å². The number of likely N-dealkylation sites (tertiary alicyclic amines) is 1. The molecule has 1 aromatic heterocycles. The van der Waals surface area contributed by atoms with Crippen molar-refractivity contribution in [2.75, 3.05) is 26.2 Å². The smallest absolute Gasteiger partial charge is 0.220 e. The molecule has 35 heavy (non-hydrogen) atoms. The maximum Gasteiger partial charge on any atom is 0.220 e. The van der Waals surface area contributed by atoms with Gasteiger partial charge in [0.15, 0.2) is 0 Å². The number of aromatic nitrogens is 1.